The molecule has 1 aliphatic carbocycles. The van der Waals surface area contributed by atoms with Gasteiger partial charge in [-0.25, -0.2) is 0 Å². The number of nitrogens with one attached hydrogen (secondary N) is 1. The van der Waals surface area contributed by atoms with Crippen LogP contribution in [0.4, 0.5) is 0 Å². The monoisotopic (exact) mass is 313 g/mol. The number of methoxy groups -OCH3 is 1. The molecule has 0 aliphatic heterocycles. The Morgan fingerprint density at radius 3 is 3.17 bits per heavy atom. The SMILES string of the molecule is COc1ccc2c(c1)CCC[C@@H]2CNC(=O)CCn1cccn1. The highest BCUT2D eigenvalue weighted by molar-refractivity contribution is 5.75. The summed E-state index contributed by atoms with van der Waals surface area (Å²) in [4.78, 5) is 12.0. The lowest BCUT2D eigenvalue weighted by atomic mass is 9.82. The van der Waals surface area contributed by atoms with Crippen LogP contribution in [0.3, 0.4) is 0 Å². The predicted octanol–water partition coefficient (Wildman–Crippen LogP) is 2.52. The Morgan fingerprint density at radius 1 is 1.48 bits per heavy atom. The van der Waals surface area contributed by atoms with Crippen molar-refractivity contribution in [3.63, 3.8) is 0 Å². The van der Waals surface area contributed by atoms with E-state index < -0.39 is 0 Å². The number of ether oxygens (including phenoxy) is 1. The van der Waals surface area contributed by atoms with Gasteiger partial charge in [0, 0.05) is 37.8 Å². The number of nitrogens with zero attached hydrogens (tertiary/aromatic N) is 2. The highest BCUT2D eigenvalue weighted by Crippen LogP contribution is 2.33. The molecule has 0 fully saturated rings. The van der Waals surface area contributed by atoms with Gasteiger partial charge in [0.25, 0.3) is 0 Å². The zero-order valence-electron chi connectivity index (χ0n) is 13.5. The lowest BCUT2D eigenvalue weighted by Crippen LogP contribution is -2.30. The van der Waals surface area contributed by atoms with E-state index in [9.17, 15) is 4.79 Å². The molecule has 2 aromatic rings. The largest absolute Gasteiger partial charge is 0.497 e. The molecular weight excluding hydrogens is 290 g/mol. The molecule has 1 atom stereocenters. The number of aromatic nitrogens is 2. The summed E-state index contributed by atoms with van der Waals surface area (Å²) >= 11 is 0. The Balaban J connectivity index is 1.54. The molecule has 0 radical (unpaired) electrons. The first-order valence-electron chi connectivity index (χ1n) is 8.17. The lowest BCUT2D eigenvalue weighted by molar-refractivity contribution is -0.121. The molecule has 5 nitrogen and oxygen atoms in total. The maximum absolute atomic E-state index is 12.0. The lowest BCUT2D eigenvalue weighted by Gasteiger charge is -2.26. The van der Waals surface area contributed by atoms with Crippen molar-refractivity contribution in [2.24, 2.45) is 0 Å². The van der Waals surface area contributed by atoms with Crippen molar-refractivity contribution in [2.45, 2.75) is 38.1 Å². The molecule has 0 spiro atoms. The topological polar surface area (TPSA) is 56.1 Å². The van der Waals surface area contributed by atoms with Gasteiger partial charge >= 0.3 is 0 Å². The van der Waals surface area contributed by atoms with Crippen LogP contribution in [0.25, 0.3) is 0 Å². The molecule has 23 heavy (non-hydrogen) atoms. The Bertz CT molecular complexity index is 652. The zero-order valence-corrected chi connectivity index (χ0v) is 13.5. The fourth-order valence-corrected chi connectivity index (χ4v) is 3.20. The van der Waals surface area contributed by atoms with Crippen LogP contribution in [0.1, 0.15) is 36.3 Å². The van der Waals surface area contributed by atoms with Gasteiger partial charge in [-0.3, -0.25) is 9.48 Å². The average Bonchev–Trinajstić information content (AvgIpc) is 3.11. The maximum Gasteiger partial charge on any atom is 0.221 e. The minimum absolute atomic E-state index is 0.0844. The summed E-state index contributed by atoms with van der Waals surface area (Å²) in [5.74, 6) is 1.40. The van der Waals surface area contributed by atoms with Gasteiger partial charge in [-0.1, -0.05) is 6.07 Å². The van der Waals surface area contributed by atoms with Crippen molar-refractivity contribution in [1.82, 2.24) is 15.1 Å². The van der Waals surface area contributed by atoms with Crippen LogP contribution in [0.2, 0.25) is 0 Å². The third kappa shape index (κ3) is 3.92. The first-order valence-corrected chi connectivity index (χ1v) is 8.17. The molecule has 0 bridgehead atoms. The normalized spacial score (nSPS) is 16.7. The van der Waals surface area contributed by atoms with Crippen molar-refractivity contribution in [3.05, 3.63) is 47.8 Å². The molecule has 5 heteroatoms. The summed E-state index contributed by atoms with van der Waals surface area (Å²) in [6, 6.07) is 8.15. The molecule has 1 N–H and O–H groups in total. The van der Waals surface area contributed by atoms with Crippen LogP contribution in [-0.4, -0.2) is 29.3 Å². The number of rotatable bonds is 6. The number of aryl methyl sites for hydroxylation is 2. The Labute approximate surface area is 136 Å². The van der Waals surface area contributed by atoms with Crippen LogP contribution in [0, 0.1) is 0 Å². The molecule has 122 valence electrons. The van der Waals surface area contributed by atoms with Crippen molar-refractivity contribution in [1.29, 1.82) is 0 Å². The molecule has 1 heterocycles. The number of hydrogen-bond donors (Lipinski definition) is 1. The van der Waals surface area contributed by atoms with Gasteiger partial charge in [0.2, 0.25) is 5.91 Å². The zero-order chi connectivity index (χ0) is 16.1. The molecule has 1 amide bonds. The first-order chi connectivity index (χ1) is 11.3. The van der Waals surface area contributed by atoms with E-state index in [1.165, 1.54) is 11.1 Å². The molecule has 1 aliphatic rings. The van der Waals surface area contributed by atoms with Crippen molar-refractivity contribution >= 4 is 5.91 Å². The maximum atomic E-state index is 12.0. The van der Waals surface area contributed by atoms with Gasteiger partial charge < -0.3 is 10.1 Å². The number of benzene rings is 1. The van der Waals surface area contributed by atoms with Crippen molar-refractivity contribution in [2.75, 3.05) is 13.7 Å². The number of carbonyl (C=O) groups excluding carboxylic acids is 1. The van der Waals surface area contributed by atoms with E-state index in [1.54, 1.807) is 18.0 Å². The first kappa shape index (κ1) is 15.6. The van der Waals surface area contributed by atoms with Gasteiger partial charge in [0.05, 0.1) is 7.11 Å². The van der Waals surface area contributed by atoms with E-state index in [0.29, 0.717) is 25.4 Å². The molecule has 1 aromatic carbocycles. The van der Waals surface area contributed by atoms with E-state index in [4.69, 9.17) is 4.74 Å². The summed E-state index contributed by atoms with van der Waals surface area (Å²) < 4.78 is 7.08. The minimum atomic E-state index is 0.0844. The van der Waals surface area contributed by atoms with Gasteiger partial charge in [0.1, 0.15) is 5.75 Å². The quantitative estimate of drug-likeness (QED) is 0.891. The van der Waals surface area contributed by atoms with Crippen molar-refractivity contribution < 1.29 is 9.53 Å². The smallest absolute Gasteiger partial charge is 0.221 e. The molecule has 0 saturated heterocycles. The summed E-state index contributed by atoms with van der Waals surface area (Å²) in [6.07, 6.45) is 7.44. The summed E-state index contributed by atoms with van der Waals surface area (Å²) in [5.41, 5.74) is 2.70. The standard InChI is InChI=1S/C18H23N3O2/c1-23-16-6-7-17-14(12-16)4-2-5-15(17)13-19-18(22)8-11-21-10-3-9-20-21/h3,6-7,9-10,12,15H,2,4-5,8,11,13H2,1H3,(H,19,22)/t15-/m1/s1. The minimum Gasteiger partial charge on any atom is -0.497 e. The summed E-state index contributed by atoms with van der Waals surface area (Å²) in [5, 5.41) is 7.18. The number of carbonyl (C=O) groups is 1. The van der Waals surface area contributed by atoms with E-state index in [1.807, 2.05) is 18.3 Å². The van der Waals surface area contributed by atoms with Gasteiger partial charge in [-0.05, 0) is 48.6 Å². The van der Waals surface area contributed by atoms with Crippen LogP contribution >= 0.6 is 0 Å². The van der Waals surface area contributed by atoms with Crippen LogP contribution in [0.5, 0.6) is 5.75 Å². The Morgan fingerprint density at radius 2 is 2.39 bits per heavy atom. The predicted molar refractivity (Wildman–Crippen MR) is 88.5 cm³/mol. The molecule has 0 unspecified atom stereocenters. The Kier molecular flexibility index (Phi) is 4.95. The van der Waals surface area contributed by atoms with Gasteiger partial charge in [0.15, 0.2) is 0 Å². The second-order valence-corrected chi connectivity index (χ2v) is 5.98. The van der Waals surface area contributed by atoms with Gasteiger partial charge in [-0.2, -0.15) is 5.10 Å². The van der Waals surface area contributed by atoms with Crippen molar-refractivity contribution in [3.8, 4) is 5.75 Å². The third-order valence-electron chi connectivity index (χ3n) is 4.46. The highest BCUT2D eigenvalue weighted by Gasteiger charge is 2.21. The second-order valence-electron chi connectivity index (χ2n) is 5.98. The molecule has 0 saturated carbocycles. The molecule has 3 rings (SSSR count). The number of hydrogen-bond acceptors (Lipinski definition) is 3. The van der Waals surface area contributed by atoms with Crippen LogP contribution in [-0.2, 0) is 17.8 Å². The van der Waals surface area contributed by atoms with E-state index in [2.05, 4.69) is 22.5 Å². The van der Waals surface area contributed by atoms with Crippen LogP contribution in [0.15, 0.2) is 36.7 Å². The fraction of sp³-hybridized carbons (Fsp3) is 0.444. The van der Waals surface area contributed by atoms with Crippen LogP contribution < -0.4 is 10.1 Å². The van der Waals surface area contributed by atoms with E-state index >= 15 is 0 Å². The second kappa shape index (κ2) is 7.31. The number of fused-ring (bicyclic) bond motifs is 1. The average molecular weight is 313 g/mol. The highest BCUT2D eigenvalue weighted by atomic mass is 16.5. The van der Waals surface area contributed by atoms with Gasteiger partial charge in [-0.15, -0.1) is 0 Å². The molecule has 1 aromatic heterocycles. The summed E-state index contributed by atoms with van der Waals surface area (Å²) in [6.45, 7) is 1.33. The fourth-order valence-electron chi connectivity index (χ4n) is 3.20. The molecular formula is C18H23N3O2. The van der Waals surface area contributed by atoms with E-state index in [-0.39, 0.29) is 5.91 Å². The third-order valence-corrected chi connectivity index (χ3v) is 4.46. The summed E-state index contributed by atoms with van der Waals surface area (Å²) in [7, 11) is 1.70. The Hall–Kier alpha value is -2.30. The number of amides is 1. The van der Waals surface area contributed by atoms with E-state index in [0.717, 1.165) is 25.0 Å².